The quantitative estimate of drug-likeness (QED) is 0.455. The number of hydrogen-bond acceptors (Lipinski definition) is 8. The van der Waals surface area contributed by atoms with Crippen LogP contribution in [-0.4, -0.2) is 59.3 Å². The van der Waals surface area contributed by atoms with Crippen LogP contribution in [-0.2, 0) is 29.1 Å². The van der Waals surface area contributed by atoms with Crippen molar-refractivity contribution in [1.82, 2.24) is 15.4 Å². The molecule has 164 valence electrons. The van der Waals surface area contributed by atoms with E-state index in [4.69, 9.17) is 14.2 Å². The highest BCUT2D eigenvalue weighted by Gasteiger charge is 2.27. The first-order valence-corrected chi connectivity index (χ1v) is 10.4. The van der Waals surface area contributed by atoms with Crippen molar-refractivity contribution >= 4 is 28.0 Å². The van der Waals surface area contributed by atoms with Gasteiger partial charge < -0.3 is 24.8 Å². The number of ether oxygens (including phenoxy) is 3. The summed E-state index contributed by atoms with van der Waals surface area (Å²) in [5.74, 6) is -1.07. The van der Waals surface area contributed by atoms with Gasteiger partial charge in [0.15, 0.2) is 0 Å². The van der Waals surface area contributed by atoms with Crippen LogP contribution < -0.4 is 20.1 Å². The number of esters is 2. The van der Waals surface area contributed by atoms with Crippen LogP contribution in [0.2, 0.25) is 0 Å². The maximum atomic E-state index is 12.4. The lowest BCUT2D eigenvalue weighted by Gasteiger charge is -2.21. The molecule has 0 aromatic heterocycles. The molecule has 0 spiro atoms. The number of benzene rings is 1. The van der Waals surface area contributed by atoms with Gasteiger partial charge in [-0.15, -0.1) is 0 Å². The van der Waals surface area contributed by atoms with Gasteiger partial charge in [0.05, 0.1) is 36.4 Å². The van der Waals surface area contributed by atoms with Crippen LogP contribution in [0.4, 0.5) is 4.79 Å². The average Bonchev–Trinajstić information content (AvgIpc) is 2.71. The molecule has 0 saturated heterocycles. The molecule has 1 heterocycles. The first kappa shape index (κ1) is 23.2. The van der Waals surface area contributed by atoms with Gasteiger partial charge in [-0.3, -0.25) is 4.79 Å². The van der Waals surface area contributed by atoms with Gasteiger partial charge in [0.2, 0.25) is 10.0 Å². The maximum Gasteiger partial charge on any atom is 0.337 e. The molecule has 30 heavy (non-hydrogen) atoms. The van der Waals surface area contributed by atoms with Crippen molar-refractivity contribution in [3.63, 3.8) is 0 Å². The fraction of sp³-hybridized carbons (Fsp3) is 0.389. The summed E-state index contributed by atoms with van der Waals surface area (Å²) in [6.07, 6.45) is 0. The highest BCUT2D eigenvalue weighted by Crippen LogP contribution is 2.16. The van der Waals surface area contributed by atoms with Gasteiger partial charge in [0.25, 0.3) is 0 Å². The number of nitrogens with one attached hydrogen (secondary N) is 3. The van der Waals surface area contributed by atoms with Crippen molar-refractivity contribution in [1.29, 1.82) is 0 Å². The van der Waals surface area contributed by atoms with Crippen LogP contribution in [0.1, 0.15) is 13.8 Å². The molecule has 1 aliphatic rings. The zero-order chi connectivity index (χ0) is 22.3. The fourth-order valence-electron chi connectivity index (χ4n) is 2.44. The van der Waals surface area contributed by atoms with Gasteiger partial charge in [0, 0.05) is 0 Å². The van der Waals surface area contributed by atoms with Crippen molar-refractivity contribution in [3.05, 3.63) is 35.5 Å². The standard InChI is InChI=1S/C18H23N3O8S/c1-4-28-17(23)14-9-19-18(24)20-15(14)10-29-16(22)11(2)21-30(25,26)13-7-5-12(27-3)6-8-13/h5-8,11,21H,4,9-10H2,1-3H3,(H2,19,20,24)/t11-/m0/s1. The van der Waals surface area contributed by atoms with E-state index in [1.165, 1.54) is 38.3 Å². The SMILES string of the molecule is CCOC(=O)C1=C(COC(=O)[C@H](C)NS(=O)(=O)c2ccc(OC)cc2)NC(=O)NC1. The maximum absolute atomic E-state index is 12.4. The molecule has 0 aliphatic carbocycles. The normalized spacial score (nSPS) is 15.0. The first-order valence-electron chi connectivity index (χ1n) is 8.95. The zero-order valence-corrected chi connectivity index (χ0v) is 17.5. The van der Waals surface area contributed by atoms with Crippen molar-refractivity contribution in [3.8, 4) is 5.75 Å². The Kier molecular flexibility index (Phi) is 7.78. The number of methoxy groups -OCH3 is 1. The van der Waals surface area contributed by atoms with E-state index in [9.17, 15) is 22.8 Å². The number of carbonyl (C=O) groups is 3. The Hall–Kier alpha value is -3.12. The van der Waals surface area contributed by atoms with Gasteiger partial charge in [-0.1, -0.05) is 0 Å². The Morgan fingerprint density at radius 1 is 1.20 bits per heavy atom. The molecular formula is C18H23N3O8S. The minimum atomic E-state index is -3.99. The largest absolute Gasteiger partial charge is 0.497 e. The van der Waals surface area contributed by atoms with E-state index in [0.29, 0.717) is 5.75 Å². The van der Waals surface area contributed by atoms with E-state index in [1.54, 1.807) is 6.92 Å². The second-order valence-electron chi connectivity index (χ2n) is 6.11. The smallest absolute Gasteiger partial charge is 0.337 e. The summed E-state index contributed by atoms with van der Waals surface area (Å²) >= 11 is 0. The Bertz CT molecular complexity index is 941. The zero-order valence-electron chi connectivity index (χ0n) is 16.7. The fourth-order valence-corrected chi connectivity index (χ4v) is 3.63. The van der Waals surface area contributed by atoms with Crippen LogP contribution in [0, 0.1) is 0 Å². The van der Waals surface area contributed by atoms with Crippen LogP contribution in [0.25, 0.3) is 0 Å². The van der Waals surface area contributed by atoms with Crippen molar-refractivity contribution in [2.24, 2.45) is 0 Å². The van der Waals surface area contributed by atoms with Crippen molar-refractivity contribution in [2.45, 2.75) is 24.8 Å². The van der Waals surface area contributed by atoms with Crippen LogP contribution in [0.3, 0.4) is 0 Å². The molecule has 0 saturated carbocycles. The minimum absolute atomic E-state index is 0.0547. The third-order valence-electron chi connectivity index (χ3n) is 3.99. The second-order valence-corrected chi connectivity index (χ2v) is 7.83. The summed E-state index contributed by atoms with van der Waals surface area (Å²) in [5, 5.41) is 4.81. The summed E-state index contributed by atoms with van der Waals surface area (Å²) in [6.45, 7) is 2.55. The molecule has 11 nitrogen and oxygen atoms in total. The van der Waals surface area contributed by atoms with Crippen molar-refractivity contribution in [2.75, 3.05) is 26.9 Å². The minimum Gasteiger partial charge on any atom is -0.497 e. The lowest BCUT2D eigenvalue weighted by Crippen LogP contribution is -2.46. The highest BCUT2D eigenvalue weighted by atomic mass is 32.2. The lowest BCUT2D eigenvalue weighted by molar-refractivity contribution is -0.145. The van der Waals surface area contributed by atoms with Crippen LogP contribution >= 0.6 is 0 Å². The first-order chi connectivity index (χ1) is 14.2. The summed E-state index contributed by atoms with van der Waals surface area (Å²) in [7, 11) is -2.53. The van der Waals surface area contributed by atoms with Gasteiger partial charge in [-0.25, -0.2) is 18.0 Å². The van der Waals surface area contributed by atoms with E-state index >= 15 is 0 Å². The molecule has 0 unspecified atom stereocenters. The number of hydrogen-bond donors (Lipinski definition) is 3. The number of sulfonamides is 1. The Labute approximate surface area is 173 Å². The molecule has 2 amide bonds. The van der Waals surface area contributed by atoms with Crippen molar-refractivity contribution < 1.29 is 37.0 Å². The van der Waals surface area contributed by atoms with E-state index in [-0.39, 0.29) is 29.3 Å². The van der Waals surface area contributed by atoms with Gasteiger partial charge in [-0.2, -0.15) is 4.72 Å². The van der Waals surface area contributed by atoms with Gasteiger partial charge in [0.1, 0.15) is 18.4 Å². The van der Waals surface area contributed by atoms with E-state index < -0.39 is 40.6 Å². The predicted octanol–water partition coefficient (Wildman–Crippen LogP) is 0.0352. The monoisotopic (exact) mass is 441 g/mol. The Morgan fingerprint density at radius 3 is 2.47 bits per heavy atom. The van der Waals surface area contributed by atoms with Gasteiger partial charge >= 0.3 is 18.0 Å². The number of amides is 2. The van der Waals surface area contributed by atoms with E-state index in [2.05, 4.69) is 15.4 Å². The molecule has 12 heteroatoms. The summed E-state index contributed by atoms with van der Waals surface area (Å²) in [5.41, 5.74) is 0.173. The number of urea groups is 1. The molecule has 0 radical (unpaired) electrons. The molecule has 0 fully saturated rings. The number of carbonyl (C=O) groups excluding carboxylic acids is 3. The molecule has 3 N–H and O–H groups in total. The average molecular weight is 441 g/mol. The van der Waals surface area contributed by atoms with Crippen LogP contribution in [0.5, 0.6) is 5.75 Å². The second kappa shape index (κ2) is 10.1. The Morgan fingerprint density at radius 2 is 1.87 bits per heavy atom. The Balaban J connectivity index is 2.03. The summed E-state index contributed by atoms with van der Waals surface area (Å²) in [4.78, 5) is 35.7. The summed E-state index contributed by atoms with van der Waals surface area (Å²) < 4.78 is 42.0. The topological polar surface area (TPSA) is 149 Å². The summed E-state index contributed by atoms with van der Waals surface area (Å²) in [6, 6.07) is 3.82. The molecule has 1 atom stereocenters. The molecule has 1 aromatic rings. The lowest BCUT2D eigenvalue weighted by atomic mass is 10.1. The van der Waals surface area contributed by atoms with E-state index in [0.717, 1.165) is 0 Å². The van der Waals surface area contributed by atoms with E-state index in [1.807, 2.05) is 0 Å². The molecule has 2 rings (SSSR count). The molecule has 0 bridgehead atoms. The molecule has 1 aliphatic heterocycles. The predicted molar refractivity (Wildman–Crippen MR) is 104 cm³/mol. The third kappa shape index (κ3) is 5.94. The molecular weight excluding hydrogens is 418 g/mol. The van der Waals surface area contributed by atoms with Gasteiger partial charge in [-0.05, 0) is 38.1 Å². The van der Waals surface area contributed by atoms with Crippen LogP contribution in [0.15, 0.2) is 40.4 Å². The molecule has 1 aromatic carbocycles. The number of rotatable bonds is 9. The highest BCUT2D eigenvalue weighted by molar-refractivity contribution is 7.89. The third-order valence-corrected chi connectivity index (χ3v) is 5.55.